The van der Waals surface area contributed by atoms with Gasteiger partial charge in [-0.15, -0.1) is 0 Å². The van der Waals surface area contributed by atoms with E-state index in [4.69, 9.17) is 0 Å². The molecule has 13 rings (SSSR count). The zero-order chi connectivity index (χ0) is 39.5. The van der Waals surface area contributed by atoms with E-state index in [0.717, 1.165) is 19.3 Å². The molecule has 2 heterocycles. The van der Waals surface area contributed by atoms with E-state index in [1.165, 1.54) is 91.5 Å². The zero-order valence-electron chi connectivity index (χ0n) is 34.3. The molecule has 0 spiro atoms. The highest BCUT2D eigenvalue weighted by Crippen LogP contribution is 2.57. The molecule has 7 atom stereocenters. The summed E-state index contributed by atoms with van der Waals surface area (Å²) in [7, 11) is 0. The maximum atomic E-state index is 2.69. The summed E-state index contributed by atoms with van der Waals surface area (Å²) in [6.07, 6.45) is 22.0. The summed E-state index contributed by atoms with van der Waals surface area (Å²) in [6, 6.07) is 51.9. The van der Waals surface area contributed by atoms with E-state index in [1.54, 1.807) is 16.7 Å². The van der Waals surface area contributed by atoms with Crippen molar-refractivity contribution in [2.75, 3.05) is 4.90 Å². The summed E-state index contributed by atoms with van der Waals surface area (Å²) in [6.45, 7) is 2.44. The van der Waals surface area contributed by atoms with Crippen molar-refractivity contribution in [3.8, 4) is 16.8 Å². The molecule has 0 radical (unpaired) electrons. The van der Waals surface area contributed by atoms with Gasteiger partial charge in [-0.05, 0) is 161 Å². The number of aromatic nitrogens is 1. The van der Waals surface area contributed by atoms with Crippen LogP contribution in [0.2, 0.25) is 0 Å². The smallest absolute Gasteiger partial charge is 0.0541 e. The third-order valence-electron chi connectivity index (χ3n) is 15.5. The average molecular weight is 775 g/mol. The van der Waals surface area contributed by atoms with Gasteiger partial charge in [-0.25, -0.2) is 0 Å². The van der Waals surface area contributed by atoms with Gasteiger partial charge in [0, 0.05) is 51.6 Å². The molecular formula is C58H50N2. The minimum Gasteiger partial charge on any atom is -0.337 e. The van der Waals surface area contributed by atoms with E-state index in [9.17, 15) is 0 Å². The highest BCUT2D eigenvalue weighted by Gasteiger charge is 2.45. The first-order valence-corrected chi connectivity index (χ1v) is 22.7. The molecule has 1 aromatic heterocycles. The SMILES string of the molecule is CC1CC2[C@@H](c3cc(-c4ccc5c(c4)c4ccccc4n5-c4cccc(C5CC=C6c7c5cccc7C5CCC=CC65)c4)ccc3N2c2ccccc2)C2C=C1C=CCC2. The molecule has 6 unspecified atom stereocenters. The molecule has 2 nitrogen and oxygen atoms in total. The third-order valence-corrected chi connectivity index (χ3v) is 15.5. The van der Waals surface area contributed by atoms with Crippen LogP contribution in [0.15, 0.2) is 175 Å². The van der Waals surface area contributed by atoms with Gasteiger partial charge >= 0.3 is 0 Å². The first kappa shape index (κ1) is 34.7. The lowest BCUT2D eigenvalue weighted by atomic mass is 9.78. The number of fused-ring (bicyclic) bond motifs is 11. The number of hydrogen-bond acceptors (Lipinski definition) is 1. The van der Waals surface area contributed by atoms with Gasteiger partial charge in [0.25, 0.3) is 0 Å². The summed E-state index contributed by atoms with van der Waals surface area (Å²) in [4.78, 5) is 2.69. The Hall–Kier alpha value is -6.12. The Morgan fingerprint density at radius 1 is 0.633 bits per heavy atom. The van der Waals surface area contributed by atoms with E-state index in [2.05, 4.69) is 186 Å². The van der Waals surface area contributed by atoms with Gasteiger partial charge in [-0.3, -0.25) is 0 Å². The van der Waals surface area contributed by atoms with Crippen molar-refractivity contribution in [3.05, 3.63) is 203 Å². The van der Waals surface area contributed by atoms with Crippen LogP contribution in [-0.4, -0.2) is 10.6 Å². The number of anilines is 2. The molecule has 6 aromatic carbocycles. The summed E-state index contributed by atoms with van der Waals surface area (Å²) in [5.74, 6) is 3.08. The quantitative estimate of drug-likeness (QED) is 0.162. The van der Waals surface area contributed by atoms with Crippen LogP contribution in [0.3, 0.4) is 0 Å². The van der Waals surface area contributed by atoms with Crippen LogP contribution in [-0.2, 0) is 0 Å². The van der Waals surface area contributed by atoms with Gasteiger partial charge in [0.15, 0.2) is 0 Å². The standard InChI is InChI=1S/C58H50N2/c1-36-31-56-57(41-14-6-5-13-37(36)32-41)52-35-39(26-30-55(52)59(56)42-16-3-2-4-17-42)38-25-29-54-51(34-38)47-21-9-10-24-53(47)60(54)43-18-11-15-40(33-43)44-27-28-50-46-20-8-7-19-45(46)49-23-12-22-48(44)58(49)50/h2-5,8-13,15-18,20-26,28-30,32-36,41,44-46,56-57H,6-7,14,19,27,31H2,1H3/t36?,41?,44?,45?,46?,56?,57-/m1/s1. The number of rotatable bonds is 4. The third kappa shape index (κ3) is 5.13. The molecule has 2 heteroatoms. The Bertz CT molecular complexity index is 3010. The molecule has 0 saturated heterocycles. The van der Waals surface area contributed by atoms with Crippen LogP contribution in [0, 0.1) is 17.8 Å². The molecule has 1 aliphatic heterocycles. The Kier molecular flexibility index (Phi) is 7.78. The fourth-order valence-corrected chi connectivity index (χ4v) is 12.9. The topological polar surface area (TPSA) is 8.17 Å². The fraction of sp³-hybridized carbons (Fsp3) is 0.241. The molecule has 60 heavy (non-hydrogen) atoms. The van der Waals surface area contributed by atoms with Gasteiger partial charge in [-0.1, -0.05) is 122 Å². The van der Waals surface area contributed by atoms with Gasteiger partial charge in [0.2, 0.25) is 0 Å². The van der Waals surface area contributed by atoms with Crippen molar-refractivity contribution in [2.24, 2.45) is 17.8 Å². The highest BCUT2D eigenvalue weighted by atomic mass is 15.2. The van der Waals surface area contributed by atoms with Crippen LogP contribution in [0.4, 0.5) is 11.4 Å². The average Bonchev–Trinajstić information content (AvgIpc) is 3.80. The van der Waals surface area contributed by atoms with Crippen LogP contribution >= 0.6 is 0 Å². The van der Waals surface area contributed by atoms with Crippen LogP contribution in [0.25, 0.3) is 44.2 Å². The van der Waals surface area contributed by atoms with Crippen molar-refractivity contribution in [3.63, 3.8) is 0 Å². The number of allylic oxidation sites excluding steroid dienone is 8. The lowest BCUT2D eigenvalue weighted by Crippen LogP contribution is -2.33. The molecule has 0 N–H and O–H groups in total. The molecule has 0 amide bonds. The van der Waals surface area contributed by atoms with Gasteiger partial charge in [0.05, 0.1) is 11.0 Å². The summed E-state index contributed by atoms with van der Waals surface area (Å²) >= 11 is 0. The normalized spacial score (nSPS) is 25.9. The molecule has 0 fully saturated rings. The lowest BCUT2D eigenvalue weighted by Gasteiger charge is -2.33. The molecule has 292 valence electrons. The minimum atomic E-state index is 0.359. The van der Waals surface area contributed by atoms with Crippen molar-refractivity contribution in [1.29, 1.82) is 0 Å². The minimum absolute atomic E-state index is 0.359. The second-order valence-corrected chi connectivity index (χ2v) is 18.6. The Morgan fingerprint density at radius 3 is 2.38 bits per heavy atom. The predicted molar refractivity (Wildman–Crippen MR) is 251 cm³/mol. The predicted octanol–water partition coefficient (Wildman–Crippen LogP) is 15.0. The van der Waals surface area contributed by atoms with Crippen LogP contribution in [0.1, 0.15) is 91.0 Å². The van der Waals surface area contributed by atoms with Gasteiger partial charge < -0.3 is 9.47 Å². The molecular weight excluding hydrogens is 725 g/mol. The Morgan fingerprint density at radius 2 is 1.43 bits per heavy atom. The second-order valence-electron chi connectivity index (χ2n) is 18.6. The number of benzene rings is 6. The number of para-hydroxylation sites is 2. The first-order valence-electron chi connectivity index (χ1n) is 22.7. The summed E-state index contributed by atoms with van der Waals surface area (Å²) in [5.41, 5.74) is 19.8. The highest BCUT2D eigenvalue weighted by molar-refractivity contribution is 6.10. The van der Waals surface area contributed by atoms with E-state index >= 15 is 0 Å². The van der Waals surface area contributed by atoms with E-state index in [-0.39, 0.29) is 0 Å². The van der Waals surface area contributed by atoms with E-state index in [1.807, 2.05) is 0 Å². The molecule has 6 aliphatic rings. The maximum Gasteiger partial charge on any atom is 0.0541 e. The zero-order valence-corrected chi connectivity index (χ0v) is 34.3. The fourth-order valence-electron chi connectivity index (χ4n) is 12.9. The lowest BCUT2D eigenvalue weighted by molar-refractivity contribution is 0.402. The number of nitrogens with zero attached hydrogens (tertiary/aromatic N) is 2. The van der Waals surface area contributed by atoms with Crippen molar-refractivity contribution >= 4 is 38.8 Å². The van der Waals surface area contributed by atoms with E-state index in [0.29, 0.717) is 41.5 Å². The monoisotopic (exact) mass is 774 g/mol. The van der Waals surface area contributed by atoms with Crippen molar-refractivity contribution < 1.29 is 0 Å². The van der Waals surface area contributed by atoms with Crippen molar-refractivity contribution in [2.45, 2.75) is 69.2 Å². The van der Waals surface area contributed by atoms with Crippen LogP contribution < -0.4 is 4.90 Å². The molecule has 5 aliphatic carbocycles. The maximum absolute atomic E-state index is 2.69. The Labute approximate surface area is 353 Å². The molecule has 2 bridgehead atoms. The largest absolute Gasteiger partial charge is 0.337 e. The van der Waals surface area contributed by atoms with Crippen LogP contribution in [0.5, 0.6) is 0 Å². The summed E-state index contributed by atoms with van der Waals surface area (Å²) in [5, 5.41) is 2.62. The van der Waals surface area contributed by atoms with Gasteiger partial charge in [0.1, 0.15) is 0 Å². The summed E-state index contributed by atoms with van der Waals surface area (Å²) < 4.78 is 2.51. The first-order chi connectivity index (χ1) is 29.7. The molecule has 7 aromatic rings. The van der Waals surface area contributed by atoms with E-state index < -0.39 is 0 Å². The second kappa shape index (κ2) is 13.4. The van der Waals surface area contributed by atoms with Gasteiger partial charge in [-0.2, -0.15) is 0 Å². The Balaban J connectivity index is 0.907. The molecule has 0 saturated carbocycles. The van der Waals surface area contributed by atoms with Crippen molar-refractivity contribution in [1.82, 2.24) is 4.57 Å². The number of hydrogen-bond donors (Lipinski definition) is 0.